The van der Waals surface area contributed by atoms with Crippen LogP contribution < -0.4 is 5.32 Å². The number of halogens is 10. The van der Waals surface area contributed by atoms with Crippen LogP contribution in [-0.2, 0) is 120 Å². The molecule has 0 aromatic carbocycles. The SMILES string of the molecule is CCC(C)(CC(C)(CC(C)C(=O)NC(C)(C)C)C(=O)OCC(=O)OC(C)C(F)(F)F)C(=O)OC(C)(C)C.CCC(C)(CC(C)(CC(C)C(=O)OC(C)(C)C(C)(C)C)C(=O)OCC(=O)OC(C)C(F)(F)F)C(=O)OC(C)(C)C.CCC(F)(CC(C)(CC(C)C(=O)OC(C)(C)C(C)(C)C)C(=O)OCC(=O)OC(C)C(F)(F)F)C(=O)OC(C)(C)C.O=S(=O)=O. The van der Waals surface area contributed by atoms with Crippen LogP contribution in [-0.4, -0.2) is 180 Å². The molecule has 0 spiro atoms. The lowest BCUT2D eigenvalue weighted by Gasteiger charge is -2.40. The van der Waals surface area contributed by atoms with Gasteiger partial charge in [0.1, 0.15) is 28.0 Å². The van der Waals surface area contributed by atoms with E-state index in [1.54, 1.807) is 132 Å². The van der Waals surface area contributed by atoms with Crippen molar-refractivity contribution in [3.63, 3.8) is 0 Å². The zero-order chi connectivity index (χ0) is 97.4. The van der Waals surface area contributed by atoms with E-state index in [-0.39, 0.29) is 44.4 Å². The van der Waals surface area contributed by atoms with Crippen molar-refractivity contribution >= 4 is 82.2 Å². The maximum atomic E-state index is 16.1. The Balaban J connectivity index is -0.000000829. The Kier molecular flexibility index (Phi) is 45.0. The van der Waals surface area contributed by atoms with Gasteiger partial charge in [0, 0.05) is 28.7 Å². The van der Waals surface area contributed by atoms with Crippen LogP contribution in [0.15, 0.2) is 0 Å². The first-order valence-corrected chi connectivity index (χ1v) is 40.5. The molecule has 0 aliphatic heterocycles. The van der Waals surface area contributed by atoms with E-state index in [0.29, 0.717) is 27.2 Å². The fourth-order valence-electron chi connectivity index (χ4n) is 10.8. The molecule has 1 N–H and O–H groups in total. The molecule has 38 heteroatoms. The van der Waals surface area contributed by atoms with Crippen molar-refractivity contribution in [2.24, 2.45) is 55.7 Å². The molecule has 708 valence electrons. The van der Waals surface area contributed by atoms with Crippen LogP contribution in [0.2, 0.25) is 0 Å². The largest absolute Gasteiger partial charge is 0.460 e. The third-order valence-electron chi connectivity index (χ3n) is 20.0. The van der Waals surface area contributed by atoms with E-state index in [0.717, 1.165) is 0 Å². The summed E-state index contributed by atoms with van der Waals surface area (Å²) in [6.07, 6.45) is -23.0. The number of ether oxygens (including phenoxy) is 11. The summed E-state index contributed by atoms with van der Waals surface area (Å²) in [4.78, 5) is 154. The highest BCUT2D eigenvalue weighted by Gasteiger charge is 2.55. The summed E-state index contributed by atoms with van der Waals surface area (Å²) in [6, 6.07) is 0. The number of hydrogen-bond donors (Lipinski definition) is 1. The molecule has 1 amide bonds. The molecule has 0 heterocycles. The Morgan fingerprint density at radius 2 is 0.545 bits per heavy atom. The summed E-state index contributed by atoms with van der Waals surface area (Å²) >= 11 is 0. The highest BCUT2D eigenvalue weighted by Crippen LogP contribution is 2.48. The van der Waals surface area contributed by atoms with Gasteiger partial charge in [-0.3, -0.25) is 38.4 Å². The summed E-state index contributed by atoms with van der Waals surface area (Å²) in [5.74, 6) is -13.9. The zero-order valence-corrected chi connectivity index (χ0v) is 78.6. The monoisotopic (exact) mass is 1790 g/mol. The summed E-state index contributed by atoms with van der Waals surface area (Å²) in [6.45, 7) is 54.2. The lowest BCUT2D eigenvalue weighted by atomic mass is 9.68. The van der Waals surface area contributed by atoms with Gasteiger partial charge < -0.3 is 57.4 Å². The second-order valence-corrected chi connectivity index (χ2v) is 39.6. The van der Waals surface area contributed by atoms with Gasteiger partial charge in [0.25, 0.3) is 0 Å². The molecule has 0 aliphatic carbocycles. The lowest BCUT2D eigenvalue weighted by molar-refractivity contribution is -0.218. The lowest BCUT2D eigenvalue weighted by Crippen LogP contribution is -2.47. The van der Waals surface area contributed by atoms with Gasteiger partial charge in [-0.15, -0.1) is 12.6 Å². The van der Waals surface area contributed by atoms with E-state index < -0.39 is 241 Å². The zero-order valence-electron chi connectivity index (χ0n) is 77.8. The fraction of sp³-hybridized carbons (Fsp3) is 0.855. The first-order chi connectivity index (χ1) is 53.3. The van der Waals surface area contributed by atoms with Crippen LogP contribution in [0.25, 0.3) is 0 Å². The Morgan fingerprint density at radius 3 is 0.752 bits per heavy atom. The summed E-state index contributed by atoms with van der Waals surface area (Å²) in [5.41, 5.74) is -15.7. The predicted molar refractivity (Wildman–Crippen MR) is 423 cm³/mol. The first-order valence-electron chi connectivity index (χ1n) is 39.5. The maximum Gasteiger partial charge on any atom is 0.425 e. The number of rotatable bonds is 35. The molecule has 0 aromatic heterocycles. The Morgan fingerprint density at radius 1 is 0.314 bits per heavy atom. The highest BCUT2D eigenvalue weighted by molar-refractivity contribution is 7.59. The number of carbonyl (C=O) groups excluding carboxylic acids is 12. The van der Waals surface area contributed by atoms with E-state index in [1.807, 2.05) is 41.5 Å². The Labute approximate surface area is 709 Å². The highest BCUT2D eigenvalue weighted by atomic mass is 32.2. The van der Waals surface area contributed by atoms with Gasteiger partial charge in [-0.2, -0.15) is 39.5 Å². The molecule has 0 radical (unpaired) electrons. The molecule has 12 unspecified atom stereocenters. The quantitative estimate of drug-likeness (QED) is 0.0350. The van der Waals surface area contributed by atoms with Crippen molar-refractivity contribution < 1.29 is 166 Å². The molecular weight excluding hydrogens is 1650 g/mol. The van der Waals surface area contributed by atoms with Gasteiger partial charge in [0.05, 0.1) is 38.9 Å². The predicted octanol–water partition coefficient (Wildman–Crippen LogP) is 17.0. The molecule has 27 nitrogen and oxygen atoms in total. The summed E-state index contributed by atoms with van der Waals surface area (Å²) in [7, 11) is -3.11. The molecule has 0 rings (SSSR count). The molecule has 0 fully saturated rings. The summed E-state index contributed by atoms with van der Waals surface area (Å²) < 4.78 is 212. The molecule has 0 aromatic rings. The van der Waals surface area contributed by atoms with Crippen molar-refractivity contribution in [1.29, 1.82) is 0 Å². The van der Waals surface area contributed by atoms with Crippen LogP contribution in [0, 0.1) is 55.7 Å². The molecule has 0 aliphatic rings. The maximum absolute atomic E-state index is 16.1. The van der Waals surface area contributed by atoms with Crippen molar-refractivity contribution in [2.45, 2.75) is 383 Å². The first kappa shape index (κ1) is 120. The van der Waals surface area contributed by atoms with Crippen LogP contribution in [0.5, 0.6) is 0 Å². The minimum absolute atomic E-state index is 0.0554. The van der Waals surface area contributed by atoms with Gasteiger partial charge >= 0.3 is 94.8 Å². The van der Waals surface area contributed by atoms with Crippen LogP contribution in [0.4, 0.5) is 43.9 Å². The Hall–Kier alpha value is -7.44. The van der Waals surface area contributed by atoms with E-state index in [2.05, 4.69) is 19.5 Å². The normalized spacial score (nSPS) is 17.1. The molecule has 0 bridgehead atoms. The number of carbonyl (C=O) groups is 12. The average Bonchev–Trinajstić information content (AvgIpc) is 0.801. The second kappa shape index (κ2) is 45.5. The topological polar surface area (TPSA) is 370 Å². The molecule has 121 heavy (non-hydrogen) atoms. The van der Waals surface area contributed by atoms with Gasteiger partial charge in [-0.25, -0.2) is 23.6 Å². The average molecular weight is 1790 g/mol. The second-order valence-electron chi connectivity index (χ2n) is 39.2. The van der Waals surface area contributed by atoms with Crippen LogP contribution >= 0.6 is 0 Å². The number of hydrogen-bond acceptors (Lipinski definition) is 26. The minimum Gasteiger partial charge on any atom is -0.460 e. The van der Waals surface area contributed by atoms with E-state index >= 15 is 4.39 Å². The van der Waals surface area contributed by atoms with E-state index in [1.165, 1.54) is 55.4 Å². The third kappa shape index (κ3) is 44.6. The van der Waals surface area contributed by atoms with E-state index in [9.17, 15) is 97.0 Å². The van der Waals surface area contributed by atoms with Crippen LogP contribution in [0.3, 0.4) is 0 Å². The van der Waals surface area contributed by atoms with Gasteiger partial charge in [0.2, 0.25) is 11.6 Å². The molecule has 0 saturated heterocycles. The number of amides is 1. The number of nitrogens with one attached hydrogen (secondary N) is 1. The van der Waals surface area contributed by atoms with Crippen molar-refractivity contribution in [2.75, 3.05) is 19.8 Å². The molecule has 0 saturated carbocycles. The van der Waals surface area contributed by atoms with Gasteiger partial charge in [0.15, 0.2) is 38.1 Å². The van der Waals surface area contributed by atoms with Crippen LogP contribution in [0.1, 0.15) is 307 Å². The van der Waals surface area contributed by atoms with Crippen molar-refractivity contribution in [1.82, 2.24) is 5.32 Å². The fourth-order valence-corrected chi connectivity index (χ4v) is 10.8. The smallest absolute Gasteiger partial charge is 0.425 e. The summed E-state index contributed by atoms with van der Waals surface area (Å²) in [5, 5.41) is 2.83. The minimum atomic E-state index is -4.83. The van der Waals surface area contributed by atoms with Gasteiger partial charge in [-0.05, 0) is 218 Å². The van der Waals surface area contributed by atoms with Crippen molar-refractivity contribution in [3.05, 3.63) is 0 Å². The molecular formula is C83H139F10NO26S. The Bertz CT molecular complexity index is 3440. The number of alkyl halides is 10. The van der Waals surface area contributed by atoms with E-state index in [4.69, 9.17) is 50.5 Å². The standard InChI is InChI=1S/C29H49F3O8.C28H46F4O8.C26H44F3NO7.O3S/c1-14-27(12,23(36)40-25(7,8)9)17-28(13,15-18(2)21(34)39-26(10,11)24(4,5)6)22(35)37-16-20(33)38-19(3)29(30,31)32;1-13-27(29,22(36)40-24(7,8)9)16-26(12,14-17(2)20(34)39-25(10,11)23(4,5)6)21(35)37-15-19(33)38-18(3)28(30,31)32;1-12-24(10,21(34)37-23(7,8)9)15-25(11,13-16(2)19(32)30-22(4,5)6)20(33)35-14-18(31)36-17(3)26(27,28)29;1-4(2)3/h18-19H,14-17H2,1-13H3;17-18H,13-16H2,1-12H3;16-17H,12-15H2,1-11H3,(H,30,32);. The molecule has 12 atom stereocenters. The van der Waals surface area contributed by atoms with Gasteiger partial charge in [-0.1, -0.05) is 83.1 Å². The number of esters is 11. The third-order valence-corrected chi connectivity index (χ3v) is 20.0. The van der Waals surface area contributed by atoms with Crippen molar-refractivity contribution in [3.8, 4) is 0 Å².